The molecule has 1 heterocycles. The van der Waals surface area contributed by atoms with Crippen LogP contribution in [0.3, 0.4) is 0 Å². The van der Waals surface area contributed by atoms with E-state index in [0.717, 1.165) is 9.50 Å². The van der Waals surface area contributed by atoms with Gasteiger partial charge in [-0.3, -0.25) is 4.79 Å². The normalized spacial score (nSPS) is 10.3. The SMILES string of the molecule is O=C(CSc1ncccc1Br)c1ccc(O)cc1. The van der Waals surface area contributed by atoms with Crippen LogP contribution in [0.2, 0.25) is 0 Å². The largest absolute Gasteiger partial charge is 0.508 e. The summed E-state index contributed by atoms with van der Waals surface area (Å²) in [5.41, 5.74) is 0.590. The average molecular weight is 324 g/mol. The standard InChI is InChI=1S/C13H10BrNO2S/c14-11-2-1-7-15-13(11)18-8-12(17)9-3-5-10(16)6-4-9/h1-7,16H,8H2. The summed E-state index contributed by atoms with van der Waals surface area (Å²) in [5, 5.41) is 9.95. The second kappa shape index (κ2) is 6.02. The first kappa shape index (κ1) is 13.1. The number of ketones is 1. The monoisotopic (exact) mass is 323 g/mol. The quantitative estimate of drug-likeness (QED) is 0.690. The Morgan fingerprint density at radius 2 is 2.00 bits per heavy atom. The number of phenolic OH excluding ortho intramolecular Hbond substituents is 1. The molecule has 0 aliphatic rings. The van der Waals surface area contributed by atoms with Crippen molar-refractivity contribution in [3.63, 3.8) is 0 Å². The predicted molar refractivity (Wildman–Crippen MR) is 75.1 cm³/mol. The van der Waals surface area contributed by atoms with Gasteiger partial charge in [0, 0.05) is 16.2 Å². The Morgan fingerprint density at radius 3 is 2.67 bits per heavy atom. The zero-order valence-electron chi connectivity index (χ0n) is 9.34. The second-order valence-corrected chi connectivity index (χ2v) is 5.37. The van der Waals surface area contributed by atoms with Crippen LogP contribution in [0.4, 0.5) is 0 Å². The Kier molecular flexibility index (Phi) is 4.38. The van der Waals surface area contributed by atoms with Crippen LogP contribution in [0.25, 0.3) is 0 Å². The zero-order valence-corrected chi connectivity index (χ0v) is 11.7. The molecule has 92 valence electrons. The molecule has 1 aromatic carbocycles. The van der Waals surface area contributed by atoms with Gasteiger partial charge < -0.3 is 5.11 Å². The number of pyridine rings is 1. The van der Waals surface area contributed by atoms with Crippen molar-refractivity contribution in [2.24, 2.45) is 0 Å². The van der Waals surface area contributed by atoms with Gasteiger partial charge >= 0.3 is 0 Å². The molecule has 0 fully saturated rings. The molecule has 2 aromatic rings. The minimum absolute atomic E-state index is 0.0116. The van der Waals surface area contributed by atoms with Gasteiger partial charge in [0.2, 0.25) is 0 Å². The van der Waals surface area contributed by atoms with E-state index in [0.29, 0.717) is 11.3 Å². The van der Waals surface area contributed by atoms with Gasteiger partial charge in [0.1, 0.15) is 10.8 Å². The highest BCUT2D eigenvalue weighted by molar-refractivity contribution is 9.10. The van der Waals surface area contributed by atoms with Gasteiger partial charge in [0.25, 0.3) is 0 Å². The van der Waals surface area contributed by atoms with Gasteiger partial charge in [0.05, 0.1) is 5.75 Å². The number of carbonyl (C=O) groups excluding carboxylic acids is 1. The van der Waals surface area contributed by atoms with Crippen molar-refractivity contribution < 1.29 is 9.90 Å². The molecule has 0 bridgehead atoms. The highest BCUT2D eigenvalue weighted by Gasteiger charge is 2.08. The average Bonchev–Trinajstić information content (AvgIpc) is 2.38. The molecule has 0 unspecified atom stereocenters. The summed E-state index contributed by atoms with van der Waals surface area (Å²) >= 11 is 4.77. The van der Waals surface area contributed by atoms with Gasteiger partial charge in [-0.05, 0) is 52.3 Å². The number of hydrogen-bond donors (Lipinski definition) is 1. The Labute approximate surface area is 117 Å². The van der Waals surface area contributed by atoms with E-state index in [9.17, 15) is 4.79 Å². The lowest BCUT2D eigenvalue weighted by atomic mass is 10.1. The fraction of sp³-hybridized carbons (Fsp3) is 0.0769. The number of halogens is 1. The summed E-state index contributed by atoms with van der Waals surface area (Å²) in [7, 11) is 0. The first-order valence-corrected chi connectivity index (χ1v) is 7.00. The van der Waals surface area contributed by atoms with E-state index >= 15 is 0 Å². The maximum Gasteiger partial charge on any atom is 0.173 e. The molecule has 3 nitrogen and oxygen atoms in total. The van der Waals surface area contributed by atoms with E-state index in [4.69, 9.17) is 5.11 Å². The summed E-state index contributed by atoms with van der Waals surface area (Å²) in [5.74, 6) is 0.490. The Bertz CT molecular complexity index is 557. The number of nitrogens with zero attached hydrogens (tertiary/aromatic N) is 1. The van der Waals surface area contributed by atoms with E-state index < -0.39 is 0 Å². The number of benzene rings is 1. The summed E-state index contributed by atoms with van der Waals surface area (Å²) in [6.45, 7) is 0. The lowest BCUT2D eigenvalue weighted by Crippen LogP contribution is -2.02. The van der Waals surface area contributed by atoms with Gasteiger partial charge in [-0.15, -0.1) is 0 Å². The lowest BCUT2D eigenvalue weighted by Gasteiger charge is -2.03. The van der Waals surface area contributed by atoms with Gasteiger partial charge in [-0.25, -0.2) is 4.98 Å². The lowest BCUT2D eigenvalue weighted by molar-refractivity contribution is 0.102. The van der Waals surface area contributed by atoms with Crippen LogP contribution in [0, 0.1) is 0 Å². The summed E-state index contributed by atoms with van der Waals surface area (Å²) in [4.78, 5) is 16.1. The molecule has 0 radical (unpaired) electrons. The number of aromatic nitrogens is 1. The minimum Gasteiger partial charge on any atom is -0.508 e. The highest BCUT2D eigenvalue weighted by Crippen LogP contribution is 2.25. The Hall–Kier alpha value is -1.33. The van der Waals surface area contributed by atoms with E-state index in [2.05, 4.69) is 20.9 Å². The van der Waals surface area contributed by atoms with E-state index in [-0.39, 0.29) is 11.5 Å². The van der Waals surface area contributed by atoms with Crippen molar-refractivity contribution in [1.29, 1.82) is 0 Å². The van der Waals surface area contributed by atoms with E-state index in [1.165, 1.54) is 23.9 Å². The summed E-state index contributed by atoms with van der Waals surface area (Å²) < 4.78 is 0.883. The molecular weight excluding hydrogens is 314 g/mol. The fourth-order valence-corrected chi connectivity index (χ4v) is 2.72. The third kappa shape index (κ3) is 3.34. The fourth-order valence-electron chi connectivity index (χ4n) is 1.34. The van der Waals surface area contributed by atoms with Crippen LogP contribution in [0.15, 0.2) is 52.1 Å². The van der Waals surface area contributed by atoms with Crippen molar-refractivity contribution in [1.82, 2.24) is 4.98 Å². The molecule has 2 rings (SSSR count). The topological polar surface area (TPSA) is 50.2 Å². The molecule has 0 saturated carbocycles. The van der Waals surface area contributed by atoms with E-state index in [1.54, 1.807) is 18.3 Å². The summed E-state index contributed by atoms with van der Waals surface area (Å²) in [6.07, 6.45) is 1.69. The van der Waals surface area contributed by atoms with E-state index in [1.807, 2.05) is 12.1 Å². The maximum absolute atomic E-state index is 11.9. The molecule has 0 amide bonds. The third-order valence-electron chi connectivity index (χ3n) is 2.25. The first-order valence-electron chi connectivity index (χ1n) is 5.22. The summed E-state index contributed by atoms with van der Waals surface area (Å²) in [6, 6.07) is 9.97. The molecular formula is C13H10BrNO2S. The third-order valence-corrected chi connectivity index (χ3v) is 4.16. The number of carbonyl (C=O) groups is 1. The predicted octanol–water partition coefficient (Wildman–Crippen LogP) is 3.52. The molecule has 1 aromatic heterocycles. The minimum atomic E-state index is 0.0116. The van der Waals surface area contributed by atoms with Crippen LogP contribution in [-0.2, 0) is 0 Å². The van der Waals surface area contributed by atoms with Gasteiger partial charge in [-0.1, -0.05) is 11.8 Å². The first-order chi connectivity index (χ1) is 8.66. The number of hydrogen-bond acceptors (Lipinski definition) is 4. The Balaban J connectivity index is 2.01. The molecule has 18 heavy (non-hydrogen) atoms. The Morgan fingerprint density at radius 1 is 1.28 bits per heavy atom. The van der Waals surface area contributed by atoms with Crippen LogP contribution in [-0.4, -0.2) is 21.6 Å². The molecule has 0 saturated heterocycles. The van der Waals surface area contributed by atoms with Crippen LogP contribution in [0.1, 0.15) is 10.4 Å². The number of rotatable bonds is 4. The van der Waals surface area contributed by atoms with Gasteiger partial charge in [-0.2, -0.15) is 0 Å². The molecule has 5 heteroatoms. The van der Waals surface area contributed by atoms with Crippen molar-refractivity contribution in [2.75, 3.05) is 5.75 Å². The number of phenols is 1. The van der Waals surface area contributed by atoms with Crippen LogP contribution in [0.5, 0.6) is 5.75 Å². The highest BCUT2D eigenvalue weighted by atomic mass is 79.9. The van der Waals surface area contributed by atoms with Crippen molar-refractivity contribution in [2.45, 2.75) is 5.03 Å². The van der Waals surface area contributed by atoms with Crippen molar-refractivity contribution in [3.8, 4) is 5.75 Å². The second-order valence-electron chi connectivity index (χ2n) is 3.55. The number of Topliss-reactive ketones (excluding diaryl/α,β-unsaturated/α-hetero) is 1. The van der Waals surface area contributed by atoms with Crippen LogP contribution >= 0.6 is 27.7 Å². The maximum atomic E-state index is 11.9. The van der Waals surface area contributed by atoms with Crippen molar-refractivity contribution in [3.05, 3.63) is 52.6 Å². The molecule has 0 spiro atoms. The number of aromatic hydroxyl groups is 1. The zero-order chi connectivity index (χ0) is 13.0. The molecule has 0 aliphatic heterocycles. The van der Waals surface area contributed by atoms with Gasteiger partial charge in [0.15, 0.2) is 5.78 Å². The molecule has 0 atom stereocenters. The smallest absolute Gasteiger partial charge is 0.173 e. The molecule has 1 N–H and O–H groups in total. The van der Waals surface area contributed by atoms with Crippen LogP contribution < -0.4 is 0 Å². The number of thioether (sulfide) groups is 1. The van der Waals surface area contributed by atoms with Crippen molar-refractivity contribution >= 4 is 33.5 Å². The molecule has 0 aliphatic carbocycles.